The molecule has 4 nitrogen and oxygen atoms in total. The fourth-order valence-corrected chi connectivity index (χ4v) is 7.13. The molecule has 1 unspecified atom stereocenters. The Morgan fingerprint density at radius 2 is 1.45 bits per heavy atom. The number of nitrogens with zero attached hydrogens (tertiary/aromatic N) is 1. The molecule has 1 heterocycles. The van der Waals surface area contributed by atoms with Crippen molar-refractivity contribution in [1.29, 1.82) is 0 Å². The summed E-state index contributed by atoms with van der Waals surface area (Å²) in [6.07, 6.45) is 0. The van der Waals surface area contributed by atoms with Gasteiger partial charge in [0.15, 0.2) is 0 Å². The summed E-state index contributed by atoms with van der Waals surface area (Å²) in [6.45, 7) is 1.89. The van der Waals surface area contributed by atoms with Crippen LogP contribution in [0.5, 0.6) is 0 Å². The Kier molecular flexibility index (Phi) is 5.49. The van der Waals surface area contributed by atoms with Gasteiger partial charge in [-0.3, -0.25) is 4.79 Å². The molecule has 0 saturated heterocycles. The minimum absolute atomic E-state index is 0.105. The summed E-state index contributed by atoms with van der Waals surface area (Å²) in [5, 5.41) is 0. The van der Waals surface area contributed by atoms with Crippen molar-refractivity contribution in [3.05, 3.63) is 95.6 Å². The number of sulfonamides is 1. The molecular formula is C22H17I2NO3S. The number of anilines is 1. The molecule has 0 fully saturated rings. The maximum atomic E-state index is 14.0. The van der Waals surface area contributed by atoms with E-state index >= 15 is 0 Å². The monoisotopic (exact) mass is 629 g/mol. The number of rotatable bonds is 4. The Morgan fingerprint density at radius 3 is 2.07 bits per heavy atom. The summed E-state index contributed by atoms with van der Waals surface area (Å²) in [6, 6.07) is 23.2. The molecule has 3 aromatic rings. The number of para-hydroxylation sites is 1. The summed E-state index contributed by atoms with van der Waals surface area (Å²) >= 11 is 4.43. The second-order valence-corrected chi connectivity index (χ2v) is 13.5. The molecule has 0 aliphatic carbocycles. The highest BCUT2D eigenvalue weighted by Crippen LogP contribution is 2.53. The lowest BCUT2D eigenvalue weighted by molar-refractivity contribution is -0.120. The van der Waals surface area contributed by atoms with Gasteiger partial charge in [-0.1, -0.05) is 111 Å². The van der Waals surface area contributed by atoms with Gasteiger partial charge in [-0.2, -0.15) is 0 Å². The smallest absolute Gasteiger partial charge is 0.270 e. The van der Waals surface area contributed by atoms with Crippen LogP contribution in [0, 0.1) is 6.92 Å². The second kappa shape index (κ2) is 7.66. The number of hydrogen-bond donors (Lipinski definition) is 0. The summed E-state index contributed by atoms with van der Waals surface area (Å²) in [4.78, 5) is 14.1. The number of aryl methyl sites for hydroxylation is 1. The van der Waals surface area contributed by atoms with Crippen LogP contribution in [0.15, 0.2) is 83.8 Å². The number of alkyl halides is 2. The van der Waals surface area contributed by atoms with Crippen molar-refractivity contribution >= 4 is 66.8 Å². The SMILES string of the molecule is Cc1ccc(S(=O)(=O)N2C(=O)C(c3ccccc3)(C(I)I)c3ccccc32)cc1. The quantitative estimate of drug-likeness (QED) is 0.294. The molecule has 1 aliphatic heterocycles. The first-order valence-corrected chi connectivity index (χ1v) is 12.8. The normalized spacial score (nSPS) is 18.9. The van der Waals surface area contributed by atoms with E-state index in [0.717, 1.165) is 15.4 Å². The van der Waals surface area contributed by atoms with Crippen molar-refractivity contribution in [3.8, 4) is 0 Å². The molecule has 0 bridgehead atoms. The molecule has 29 heavy (non-hydrogen) atoms. The first-order valence-electron chi connectivity index (χ1n) is 8.91. The van der Waals surface area contributed by atoms with Crippen molar-refractivity contribution in [2.24, 2.45) is 0 Å². The number of halogens is 2. The van der Waals surface area contributed by atoms with Crippen molar-refractivity contribution in [3.63, 3.8) is 0 Å². The molecule has 7 heteroatoms. The lowest BCUT2D eigenvalue weighted by Crippen LogP contribution is -2.47. The minimum atomic E-state index is -4.05. The zero-order valence-corrected chi connectivity index (χ0v) is 20.6. The van der Waals surface area contributed by atoms with Crippen LogP contribution in [-0.4, -0.2) is 16.3 Å². The third-order valence-electron chi connectivity index (χ3n) is 5.19. The summed E-state index contributed by atoms with van der Waals surface area (Å²) < 4.78 is 27.9. The van der Waals surface area contributed by atoms with Gasteiger partial charge in [0.25, 0.3) is 15.9 Å². The predicted molar refractivity (Wildman–Crippen MR) is 131 cm³/mol. The van der Waals surface area contributed by atoms with Crippen molar-refractivity contribution < 1.29 is 13.2 Å². The molecular weight excluding hydrogens is 612 g/mol. The zero-order chi connectivity index (χ0) is 20.8. The van der Waals surface area contributed by atoms with Crippen LogP contribution in [0.3, 0.4) is 0 Å². The van der Waals surface area contributed by atoms with Gasteiger partial charge in [0.2, 0.25) is 0 Å². The molecule has 148 valence electrons. The van der Waals surface area contributed by atoms with E-state index in [9.17, 15) is 13.2 Å². The largest absolute Gasteiger partial charge is 0.272 e. The topological polar surface area (TPSA) is 54.5 Å². The fourth-order valence-electron chi connectivity index (χ4n) is 3.74. The predicted octanol–water partition coefficient (Wildman–Crippen LogP) is 5.21. The highest BCUT2D eigenvalue weighted by atomic mass is 127. The van der Waals surface area contributed by atoms with Crippen LogP contribution in [0.4, 0.5) is 5.69 Å². The fraction of sp³-hybridized carbons (Fsp3) is 0.136. The van der Waals surface area contributed by atoms with Gasteiger partial charge in [0, 0.05) is 0 Å². The van der Waals surface area contributed by atoms with Gasteiger partial charge in [-0.05, 0) is 36.2 Å². The van der Waals surface area contributed by atoms with Crippen molar-refractivity contribution in [2.75, 3.05) is 4.31 Å². The number of carbonyl (C=O) groups excluding carboxylic acids is 1. The van der Waals surface area contributed by atoms with Crippen LogP contribution >= 0.6 is 45.2 Å². The number of amides is 1. The van der Waals surface area contributed by atoms with E-state index in [1.807, 2.05) is 49.4 Å². The number of hydrogen-bond acceptors (Lipinski definition) is 3. The van der Waals surface area contributed by atoms with Gasteiger partial charge in [-0.25, -0.2) is 12.7 Å². The van der Waals surface area contributed by atoms with E-state index in [1.54, 1.807) is 36.4 Å². The highest BCUT2D eigenvalue weighted by Gasteiger charge is 2.58. The van der Waals surface area contributed by atoms with Gasteiger partial charge >= 0.3 is 0 Å². The van der Waals surface area contributed by atoms with Crippen LogP contribution in [0.25, 0.3) is 0 Å². The van der Waals surface area contributed by atoms with Gasteiger partial charge in [0.05, 0.1) is 12.5 Å². The molecule has 0 spiro atoms. The van der Waals surface area contributed by atoms with Crippen molar-refractivity contribution in [2.45, 2.75) is 19.2 Å². The number of fused-ring (bicyclic) bond motifs is 1. The van der Waals surface area contributed by atoms with Crippen LogP contribution in [0.2, 0.25) is 0 Å². The molecule has 4 rings (SSSR count). The molecule has 0 saturated carbocycles. The molecule has 1 atom stereocenters. The van der Waals surface area contributed by atoms with Crippen LogP contribution in [-0.2, 0) is 20.2 Å². The highest BCUT2D eigenvalue weighted by molar-refractivity contribution is 14.2. The van der Waals surface area contributed by atoms with E-state index in [1.165, 1.54) is 0 Å². The summed E-state index contributed by atoms with van der Waals surface area (Å²) in [5.74, 6) is -0.445. The van der Waals surface area contributed by atoms with Crippen molar-refractivity contribution in [1.82, 2.24) is 0 Å². The van der Waals surface area contributed by atoms with E-state index in [2.05, 4.69) is 45.2 Å². The van der Waals surface area contributed by atoms with E-state index in [4.69, 9.17) is 0 Å². The average Bonchev–Trinajstić information content (AvgIpc) is 2.98. The standard InChI is InChI=1S/C22H17I2NO3S/c1-15-11-13-17(14-12-15)29(27,28)25-19-10-6-5-9-18(19)22(20(23)24,21(25)26)16-7-3-2-4-8-16/h2-14,20H,1H3. The molecule has 0 aromatic heterocycles. The average molecular weight is 629 g/mol. The molecule has 0 N–H and O–H groups in total. The Hall–Kier alpha value is -1.46. The minimum Gasteiger partial charge on any atom is -0.272 e. The molecule has 1 aliphatic rings. The molecule has 3 aromatic carbocycles. The Balaban J connectivity index is 2.00. The Labute approximate surface area is 197 Å². The second-order valence-electron chi connectivity index (χ2n) is 6.88. The van der Waals surface area contributed by atoms with E-state index in [-0.39, 0.29) is 6.83 Å². The first kappa shape index (κ1) is 20.8. The maximum Gasteiger partial charge on any atom is 0.270 e. The van der Waals surface area contributed by atoms with Gasteiger partial charge in [0.1, 0.15) is 5.41 Å². The first-order chi connectivity index (χ1) is 13.8. The van der Waals surface area contributed by atoms with Crippen LogP contribution in [0.1, 0.15) is 16.7 Å². The zero-order valence-electron chi connectivity index (χ0n) is 15.4. The molecule has 1 amide bonds. The number of carbonyl (C=O) groups is 1. The van der Waals surface area contributed by atoms with E-state index in [0.29, 0.717) is 11.3 Å². The van der Waals surface area contributed by atoms with E-state index < -0.39 is 21.3 Å². The maximum absolute atomic E-state index is 14.0. The summed E-state index contributed by atoms with van der Waals surface area (Å²) in [7, 11) is -4.05. The third kappa shape index (κ3) is 3.12. The van der Waals surface area contributed by atoms with Crippen LogP contribution < -0.4 is 4.31 Å². The number of benzene rings is 3. The summed E-state index contributed by atoms with van der Waals surface area (Å²) in [5.41, 5.74) is 1.78. The van der Waals surface area contributed by atoms with Gasteiger partial charge < -0.3 is 0 Å². The Morgan fingerprint density at radius 1 is 0.862 bits per heavy atom. The molecule has 0 radical (unpaired) electrons. The Bertz CT molecular complexity index is 1180. The van der Waals surface area contributed by atoms with Gasteiger partial charge in [-0.15, -0.1) is 0 Å². The lowest BCUT2D eigenvalue weighted by Gasteiger charge is -2.31. The lowest BCUT2D eigenvalue weighted by atomic mass is 9.77. The third-order valence-corrected chi connectivity index (χ3v) is 8.76.